The Bertz CT molecular complexity index is 393. The van der Waals surface area contributed by atoms with Crippen LogP contribution in [0.5, 0.6) is 5.88 Å². The molecule has 0 radical (unpaired) electrons. The first-order chi connectivity index (χ1) is 9.12. The number of rotatable bonds is 8. The van der Waals surface area contributed by atoms with Gasteiger partial charge in [-0.05, 0) is 26.7 Å². The van der Waals surface area contributed by atoms with Crippen LogP contribution < -0.4 is 10.1 Å². The van der Waals surface area contributed by atoms with Crippen molar-refractivity contribution in [1.82, 2.24) is 9.97 Å². The van der Waals surface area contributed by atoms with Crippen molar-refractivity contribution in [2.75, 3.05) is 11.9 Å². The second kappa shape index (κ2) is 7.97. The minimum atomic E-state index is 0.197. The van der Waals surface area contributed by atoms with E-state index >= 15 is 0 Å². The number of nitrogens with zero attached hydrogens (tertiary/aromatic N) is 2. The summed E-state index contributed by atoms with van der Waals surface area (Å²) in [6.07, 6.45) is 4.25. The van der Waals surface area contributed by atoms with Crippen molar-refractivity contribution >= 4 is 5.82 Å². The third-order valence-electron chi connectivity index (χ3n) is 3.01. The van der Waals surface area contributed by atoms with Crippen LogP contribution in [0, 0.1) is 6.92 Å². The molecule has 1 atom stereocenters. The van der Waals surface area contributed by atoms with Crippen molar-refractivity contribution in [3.05, 3.63) is 11.4 Å². The Labute approximate surface area is 117 Å². The molecule has 1 rings (SSSR count). The molecule has 108 valence electrons. The van der Waals surface area contributed by atoms with Crippen molar-refractivity contribution < 1.29 is 4.74 Å². The summed E-state index contributed by atoms with van der Waals surface area (Å²) in [7, 11) is 0. The summed E-state index contributed by atoms with van der Waals surface area (Å²) in [5.41, 5.74) is 1.01. The first-order valence-corrected chi connectivity index (χ1v) is 7.40. The highest BCUT2D eigenvalue weighted by atomic mass is 16.5. The fourth-order valence-corrected chi connectivity index (χ4v) is 1.88. The fourth-order valence-electron chi connectivity index (χ4n) is 1.88. The fraction of sp³-hybridized carbons (Fsp3) is 0.733. The van der Waals surface area contributed by atoms with E-state index in [1.165, 1.54) is 0 Å². The zero-order valence-corrected chi connectivity index (χ0v) is 12.9. The molecule has 0 aliphatic carbocycles. The monoisotopic (exact) mass is 265 g/mol. The van der Waals surface area contributed by atoms with Crippen LogP contribution in [0.15, 0.2) is 0 Å². The lowest BCUT2D eigenvalue weighted by Gasteiger charge is -2.17. The summed E-state index contributed by atoms with van der Waals surface area (Å²) in [5.74, 6) is 2.47. The molecule has 1 aromatic rings. The average Bonchev–Trinajstić information content (AvgIpc) is 2.40. The largest absolute Gasteiger partial charge is 0.474 e. The smallest absolute Gasteiger partial charge is 0.222 e. The molecule has 1 unspecified atom stereocenters. The van der Waals surface area contributed by atoms with Crippen molar-refractivity contribution in [2.24, 2.45) is 0 Å². The second-order valence-electron chi connectivity index (χ2n) is 4.92. The number of nitrogens with one attached hydrogen (secondary N) is 1. The predicted molar refractivity (Wildman–Crippen MR) is 79.9 cm³/mol. The third-order valence-corrected chi connectivity index (χ3v) is 3.01. The van der Waals surface area contributed by atoms with E-state index in [0.29, 0.717) is 0 Å². The molecule has 1 heterocycles. The molecule has 4 nitrogen and oxygen atoms in total. The van der Waals surface area contributed by atoms with Gasteiger partial charge in [-0.15, -0.1) is 0 Å². The molecule has 0 aliphatic rings. The molecule has 0 spiro atoms. The maximum atomic E-state index is 5.96. The number of aryl methyl sites for hydroxylation is 1. The Kier molecular flexibility index (Phi) is 6.60. The Morgan fingerprint density at radius 3 is 2.47 bits per heavy atom. The van der Waals surface area contributed by atoms with Crippen molar-refractivity contribution in [2.45, 2.75) is 66.4 Å². The Balaban J connectivity index is 2.94. The van der Waals surface area contributed by atoms with Gasteiger partial charge in [0.2, 0.25) is 5.88 Å². The highest BCUT2D eigenvalue weighted by Gasteiger charge is 2.13. The first-order valence-electron chi connectivity index (χ1n) is 7.40. The van der Waals surface area contributed by atoms with Gasteiger partial charge in [0.05, 0.1) is 11.7 Å². The lowest BCUT2D eigenvalue weighted by molar-refractivity contribution is 0.199. The second-order valence-corrected chi connectivity index (χ2v) is 4.92. The molecule has 0 aromatic carbocycles. The van der Waals surface area contributed by atoms with E-state index in [4.69, 9.17) is 4.74 Å². The normalized spacial score (nSPS) is 12.3. The van der Waals surface area contributed by atoms with E-state index in [-0.39, 0.29) is 6.10 Å². The van der Waals surface area contributed by atoms with Gasteiger partial charge in [-0.25, -0.2) is 4.98 Å². The van der Waals surface area contributed by atoms with E-state index in [9.17, 15) is 0 Å². The molecule has 1 aromatic heterocycles. The number of hydrogen-bond donors (Lipinski definition) is 1. The maximum absolute atomic E-state index is 5.96. The Morgan fingerprint density at radius 1 is 1.16 bits per heavy atom. The molecule has 0 bridgehead atoms. The van der Waals surface area contributed by atoms with Crippen LogP contribution in [0.25, 0.3) is 0 Å². The Hall–Kier alpha value is -1.32. The number of ether oxygens (including phenoxy) is 1. The summed E-state index contributed by atoms with van der Waals surface area (Å²) in [6, 6.07) is 0. The predicted octanol–water partition coefficient (Wildman–Crippen LogP) is 3.74. The quantitative estimate of drug-likeness (QED) is 0.778. The SMILES string of the molecule is CCCNc1nc(CC)nc(OC(C)CCC)c1C. The Morgan fingerprint density at radius 2 is 1.89 bits per heavy atom. The summed E-state index contributed by atoms with van der Waals surface area (Å²) in [4.78, 5) is 9.05. The summed E-state index contributed by atoms with van der Waals surface area (Å²) in [5, 5.41) is 3.35. The minimum Gasteiger partial charge on any atom is -0.474 e. The van der Waals surface area contributed by atoms with Gasteiger partial charge < -0.3 is 10.1 Å². The first kappa shape index (κ1) is 15.7. The lowest BCUT2D eigenvalue weighted by Crippen LogP contribution is -2.15. The summed E-state index contributed by atoms with van der Waals surface area (Å²) < 4.78 is 5.96. The molecule has 4 heteroatoms. The van der Waals surface area contributed by atoms with E-state index < -0.39 is 0 Å². The molecule has 0 amide bonds. The maximum Gasteiger partial charge on any atom is 0.222 e. The summed E-state index contributed by atoms with van der Waals surface area (Å²) in [6.45, 7) is 11.4. The lowest BCUT2D eigenvalue weighted by atomic mass is 10.2. The molecule has 0 saturated carbocycles. The zero-order valence-electron chi connectivity index (χ0n) is 12.9. The molecular weight excluding hydrogens is 238 g/mol. The number of aromatic nitrogens is 2. The van der Waals surface area contributed by atoms with Gasteiger partial charge in [0, 0.05) is 13.0 Å². The van der Waals surface area contributed by atoms with Crippen molar-refractivity contribution in [3.8, 4) is 5.88 Å². The standard InChI is InChI=1S/C15H27N3O/c1-6-9-11(4)19-15-12(5)14(16-10-7-2)17-13(8-3)18-15/h11H,6-10H2,1-5H3,(H,16,17,18). The zero-order chi connectivity index (χ0) is 14.3. The minimum absolute atomic E-state index is 0.197. The number of hydrogen-bond acceptors (Lipinski definition) is 4. The summed E-state index contributed by atoms with van der Waals surface area (Å²) >= 11 is 0. The van der Waals surface area contributed by atoms with Crippen LogP contribution in [0.2, 0.25) is 0 Å². The van der Waals surface area contributed by atoms with Crippen molar-refractivity contribution in [3.63, 3.8) is 0 Å². The van der Waals surface area contributed by atoms with Gasteiger partial charge in [-0.1, -0.05) is 27.2 Å². The average molecular weight is 265 g/mol. The van der Waals surface area contributed by atoms with E-state index in [2.05, 4.69) is 43.0 Å². The molecule has 0 fully saturated rings. The molecule has 0 saturated heterocycles. The van der Waals surface area contributed by atoms with Gasteiger partial charge in [0.15, 0.2) is 0 Å². The van der Waals surface area contributed by atoms with Gasteiger partial charge in [-0.2, -0.15) is 4.98 Å². The van der Waals surface area contributed by atoms with Gasteiger partial charge in [0.1, 0.15) is 11.6 Å². The van der Waals surface area contributed by atoms with Crippen molar-refractivity contribution in [1.29, 1.82) is 0 Å². The highest BCUT2D eigenvalue weighted by Crippen LogP contribution is 2.24. The van der Waals surface area contributed by atoms with Crippen LogP contribution in [0.1, 0.15) is 58.3 Å². The van der Waals surface area contributed by atoms with E-state index in [1.807, 2.05) is 6.92 Å². The van der Waals surface area contributed by atoms with Crippen LogP contribution in [-0.2, 0) is 6.42 Å². The van der Waals surface area contributed by atoms with Crippen LogP contribution in [-0.4, -0.2) is 22.6 Å². The van der Waals surface area contributed by atoms with Gasteiger partial charge in [0.25, 0.3) is 0 Å². The molecular formula is C15H27N3O. The molecule has 0 aliphatic heterocycles. The van der Waals surface area contributed by atoms with E-state index in [1.54, 1.807) is 0 Å². The molecule has 1 N–H and O–H groups in total. The third kappa shape index (κ3) is 4.69. The van der Waals surface area contributed by atoms with Crippen LogP contribution in [0.3, 0.4) is 0 Å². The van der Waals surface area contributed by atoms with Crippen LogP contribution in [0.4, 0.5) is 5.82 Å². The molecule has 19 heavy (non-hydrogen) atoms. The van der Waals surface area contributed by atoms with E-state index in [0.717, 1.165) is 55.3 Å². The van der Waals surface area contributed by atoms with Crippen LogP contribution >= 0.6 is 0 Å². The number of anilines is 1. The van der Waals surface area contributed by atoms with Gasteiger partial charge >= 0.3 is 0 Å². The topological polar surface area (TPSA) is 47.0 Å². The van der Waals surface area contributed by atoms with Gasteiger partial charge in [-0.3, -0.25) is 0 Å². The highest BCUT2D eigenvalue weighted by molar-refractivity contribution is 5.48.